The van der Waals surface area contributed by atoms with Crippen LogP contribution in [0.1, 0.15) is 42.3 Å². The zero-order valence-electron chi connectivity index (χ0n) is 13.2. The molecule has 0 saturated carbocycles. The van der Waals surface area contributed by atoms with E-state index >= 15 is 0 Å². The maximum atomic E-state index is 11.6. The van der Waals surface area contributed by atoms with Gasteiger partial charge in [0.25, 0.3) is 0 Å². The second kappa shape index (κ2) is 6.57. The van der Waals surface area contributed by atoms with Gasteiger partial charge >= 0.3 is 0 Å². The van der Waals surface area contributed by atoms with Crippen LogP contribution >= 0.6 is 0 Å². The predicted molar refractivity (Wildman–Crippen MR) is 85.5 cm³/mol. The molecule has 1 aromatic heterocycles. The Hall–Kier alpha value is -2.10. The van der Waals surface area contributed by atoms with Crippen LogP contribution in [0.15, 0.2) is 24.3 Å². The SMILES string of the molecule is CCCC(=O)Nc1ccc(Cc2c(C)nn(C)c2C)cc1. The topological polar surface area (TPSA) is 46.9 Å². The predicted octanol–water partition coefficient (Wildman–Crippen LogP) is 3.37. The van der Waals surface area contributed by atoms with E-state index in [1.165, 1.54) is 16.8 Å². The van der Waals surface area contributed by atoms with Crippen molar-refractivity contribution < 1.29 is 4.79 Å². The van der Waals surface area contributed by atoms with Gasteiger partial charge in [0.15, 0.2) is 0 Å². The van der Waals surface area contributed by atoms with Crippen LogP contribution in [0.4, 0.5) is 5.69 Å². The summed E-state index contributed by atoms with van der Waals surface area (Å²) in [6.07, 6.45) is 2.30. The molecule has 1 amide bonds. The third-order valence-corrected chi connectivity index (χ3v) is 3.75. The first-order chi connectivity index (χ1) is 10.0. The van der Waals surface area contributed by atoms with Gasteiger partial charge in [-0.2, -0.15) is 5.10 Å². The average molecular weight is 285 g/mol. The lowest BCUT2D eigenvalue weighted by Gasteiger charge is -2.07. The molecule has 0 bridgehead atoms. The number of nitrogens with zero attached hydrogens (tertiary/aromatic N) is 2. The monoisotopic (exact) mass is 285 g/mol. The molecule has 0 aliphatic carbocycles. The van der Waals surface area contributed by atoms with Crippen molar-refractivity contribution in [1.82, 2.24) is 9.78 Å². The first-order valence-corrected chi connectivity index (χ1v) is 7.39. The average Bonchev–Trinajstić information content (AvgIpc) is 2.68. The van der Waals surface area contributed by atoms with Crippen LogP contribution in [-0.2, 0) is 18.3 Å². The van der Waals surface area contributed by atoms with Gasteiger partial charge in [-0.1, -0.05) is 19.1 Å². The van der Waals surface area contributed by atoms with Gasteiger partial charge < -0.3 is 5.32 Å². The normalized spacial score (nSPS) is 10.7. The van der Waals surface area contributed by atoms with Gasteiger partial charge in [-0.15, -0.1) is 0 Å². The maximum absolute atomic E-state index is 11.6. The van der Waals surface area contributed by atoms with Crippen LogP contribution in [0.2, 0.25) is 0 Å². The summed E-state index contributed by atoms with van der Waals surface area (Å²) in [7, 11) is 1.97. The molecule has 4 nitrogen and oxygen atoms in total. The summed E-state index contributed by atoms with van der Waals surface area (Å²) in [5.41, 5.74) is 5.64. The van der Waals surface area contributed by atoms with Crippen LogP contribution in [0.25, 0.3) is 0 Å². The highest BCUT2D eigenvalue weighted by Gasteiger charge is 2.10. The van der Waals surface area contributed by atoms with Gasteiger partial charge in [0, 0.05) is 36.8 Å². The number of benzene rings is 1. The highest BCUT2D eigenvalue weighted by molar-refractivity contribution is 5.90. The van der Waals surface area contributed by atoms with Gasteiger partial charge in [-0.05, 0) is 38.0 Å². The Bertz CT molecular complexity index is 626. The van der Waals surface area contributed by atoms with E-state index in [4.69, 9.17) is 0 Å². The Morgan fingerprint density at radius 3 is 2.43 bits per heavy atom. The molecular formula is C17H23N3O. The third-order valence-electron chi connectivity index (χ3n) is 3.75. The minimum absolute atomic E-state index is 0.0733. The fraction of sp³-hybridized carbons (Fsp3) is 0.412. The number of carbonyl (C=O) groups is 1. The van der Waals surface area contributed by atoms with E-state index in [1.54, 1.807) is 0 Å². The van der Waals surface area contributed by atoms with E-state index in [-0.39, 0.29) is 5.91 Å². The van der Waals surface area contributed by atoms with Crippen molar-refractivity contribution in [2.75, 3.05) is 5.32 Å². The number of aromatic nitrogens is 2. The molecule has 0 saturated heterocycles. The zero-order valence-corrected chi connectivity index (χ0v) is 13.2. The fourth-order valence-corrected chi connectivity index (χ4v) is 2.43. The van der Waals surface area contributed by atoms with E-state index in [9.17, 15) is 4.79 Å². The minimum Gasteiger partial charge on any atom is -0.326 e. The number of hydrogen-bond acceptors (Lipinski definition) is 2. The lowest BCUT2D eigenvalue weighted by Crippen LogP contribution is -2.10. The van der Waals surface area contributed by atoms with Crippen molar-refractivity contribution in [3.63, 3.8) is 0 Å². The van der Waals surface area contributed by atoms with Gasteiger partial charge in [-0.3, -0.25) is 9.48 Å². The second-order valence-electron chi connectivity index (χ2n) is 5.44. The quantitative estimate of drug-likeness (QED) is 0.915. The summed E-state index contributed by atoms with van der Waals surface area (Å²) < 4.78 is 1.92. The molecule has 1 N–H and O–H groups in total. The van der Waals surface area contributed by atoms with Crippen LogP contribution in [0.5, 0.6) is 0 Å². The van der Waals surface area contributed by atoms with Crippen molar-refractivity contribution in [2.45, 2.75) is 40.0 Å². The Balaban J connectivity index is 2.07. The van der Waals surface area contributed by atoms with E-state index < -0.39 is 0 Å². The lowest BCUT2D eigenvalue weighted by molar-refractivity contribution is -0.116. The Morgan fingerprint density at radius 2 is 1.90 bits per heavy atom. The smallest absolute Gasteiger partial charge is 0.224 e. The van der Waals surface area contributed by atoms with Crippen LogP contribution < -0.4 is 5.32 Å². The first-order valence-electron chi connectivity index (χ1n) is 7.39. The summed E-state index contributed by atoms with van der Waals surface area (Å²) in [6, 6.07) is 8.05. The lowest BCUT2D eigenvalue weighted by atomic mass is 10.0. The summed E-state index contributed by atoms with van der Waals surface area (Å²) >= 11 is 0. The number of anilines is 1. The molecule has 4 heteroatoms. The molecule has 0 spiro atoms. The number of amides is 1. The van der Waals surface area contributed by atoms with Gasteiger partial charge in [0.1, 0.15) is 0 Å². The van der Waals surface area contributed by atoms with Crippen molar-refractivity contribution >= 4 is 11.6 Å². The van der Waals surface area contributed by atoms with Crippen molar-refractivity contribution in [1.29, 1.82) is 0 Å². The molecule has 0 unspecified atom stereocenters. The standard InChI is InChI=1S/C17H23N3O/c1-5-6-17(21)18-15-9-7-14(8-10-15)11-16-12(2)19-20(4)13(16)3/h7-10H,5-6,11H2,1-4H3,(H,18,21). The van der Waals surface area contributed by atoms with E-state index in [1.807, 2.05) is 37.7 Å². The van der Waals surface area contributed by atoms with Crippen LogP contribution in [0.3, 0.4) is 0 Å². The molecule has 0 aliphatic rings. The summed E-state index contributed by atoms with van der Waals surface area (Å²) in [5.74, 6) is 0.0733. The Morgan fingerprint density at radius 1 is 1.24 bits per heavy atom. The Labute approximate surface area is 126 Å². The highest BCUT2D eigenvalue weighted by Crippen LogP contribution is 2.18. The van der Waals surface area contributed by atoms with Gasteiger partial charge in [0.2, 0.25) is 5.91 Å². The summed E-state index contributed by atoms with van der Waals surface area (Å²) in [5, 5.41) is 7.35. The number of aryl methyl sites for hydroxylation is 2. The summed E-state index contributed by atoms with van der Waals surface area (Å²) in [6.45, 7) is 6.14. The van der Waals surface area contributed by atoms with E-state index in [0.29, 0.717) is 6.42 Å². The molecule has 112 valence electrons. The molecule has 1 aromatic carbocycles. The van der Waals surface area contributed by atoms with Crippen molar-refractivity contribution in [2.24, 2.45) is 7.05 Å². The Kier molecular flexibility index (Phi) is 4.78. The van der Waals surface area contributed by atoms with Crippen molar-refractivity contribution in [3.05, 3.63) is 46.8 Å². The van der Waals surface area contributed by atoms with Crippen LogP contribution in [-0.4, -0.2) is 15.7 Å². The molecule has 2 rings (SSSR count). The maximum Gasteiger partial charge on any atom is 0.224 e. The number of carbonyl (C=O) groups excluding carboxylic acids is 1. The number of nitrogens with one attached hydrogen (secondary N) is 1. The molecule has 0 atom stereocenters. The van der Waals surface area contributed by atoms with Crippen molar-refractivity contribution in [3.8, 4) is 0 Å². The molecule has 0 radical (unpaired) electrons. The largest absolute Gasteiger partial charge is 0.326 e. The third kappa shape index (κ3) is 3.72. The van der Waals surface area contributed by atoms with E-state index in [2.05, 4.69) is 29.5 Å². The van der Waals surface area contributed by atoms with Gasteiger partial charge in [0.05, 0.1) is 5.69 Å². The second-order valence-corrected chi connectivity index (χ2v) is 5.44. The number of rotatable bonds is 5. The highest BCUT2D eigenvalue weighted by atomic mass is 16.1. The molecule has 2 aromatic rings. The molecular weight excluding hydrogens is 262 g/mol. The molecule has 0 aliphatic heterocycles. The minimum atomic E-state index is 0.0733. The fourth-order valence-electron chi connectivity index (χ4n) is 2.43. The number of hydrogen-bond donors (Lipinski definition) is 1. The van der Waals surface area contributed by atoms with Gasteiger partial charge in [-0.25, -0.2) is 0 Å². The molecule has 1 heterocycles. The van der Waals surface area contributed by atoms with E-state index in [0.717, 1.165) is 24.2 Å². The molecule has 0 fully saturated rings. The zero-order chi connectivity index (χ0) is 15.4. The summed E-state index contributed by atoms with van der Waals surface area (Å²) in [4.78, 5) is 11.6. The first kappa shape index (κ1) is 15.3. The molecule has 21 heavy (non-hydrogen) atoms. The van der Waals surface area contributed by atoms with Crippen LogP contribution in [0, 0.1) is 13.8 Å².